The van der Waals surface area contributed by atoms with E-state index in [1.54, 1.807) is 18.4 Å². The topological polar surface area (TPSA) is 82.1 Å². The van der Waals surface area contributed by atoms with Crippen molar-refractivity contribution in [3.63, 3.8) is 0 Å². The molecule has 0 bridgehead atoms. The summed E-state index contributed by atoms with van der Waals surface area (Å²) in [6.07, 6.45) is 2.79. The molecule has 0 saturated carbocycles. The fourth-order valence-electron chi connectivity index (χ4n) is 2.87. The summed E-state index contributed by atoms with van der Waals surface area (Å²) in [5, 5.41) is 7.39. The fourth-order valence-corrected chi connectivity index (χ4v) is 3.65. The SMILES string of the molecule is CCNC(=NCCc1ncc(C)s1)N1CCN(CC(=O)NCCOC)CC1.I. The monoisotopic (exact) mass is 524 g/mol. The van der Waals surface area contributed by atoms with Crippen LogP contribution in [-0.2, 0) is 16.0 Å². The molecule has 1 aromatic heterocycles. The third-order valence-electron chi connectivity index (χ3n) is 4.26. The number of hydrogen-bond acceptors (Lipinski definition) is 6. The third-order valence-corrected chi connectivity index (χ3v) is 5.23. The van der Waals surface area contributed by atoms with E-state index in [2.05, 4.69) is 39.3 Å². The second-order valence-electron chi connectivity index (χ2n) is 6.46. The lowest BCUT2D eigenvalue weighted by molar-refractivity contribution is -0.122. The van der Waals surface area contributed by atoms with Gasteiger partial charge in [0.15, 0.2) is 5.96 Å². The number of methoxy groups -OCH3 is 1. The van der Waals surface area contributed by atoms with E-state index in [9.17, 15) is 4.79 Å². The summed E-state index contributed by atoms with van der Waals surface area (Å²) in [7, 11) is 1.63. The number of carbonyl (C=O) groups is 1. The van der Waals surface area contributed by atoms with E-state index in [0.717, 1.165) is 56.7 Å². The summed E-state index contributed by atoms with van der Waals surface area (Å²) in [6.45, 7) is 10.7. The molecule has 160 valence electrons. The summed E-state index contributed by atoms with van der Waals surface area (Å²) >= 11 is 1.73. The van der Waals surface area contributed by atoms with E-state index in [-0.39, 0.29) is 29.9 Å². The number of thiazole rings is 1. The summed E-state index contributed by atoms with van der Waals surface area (Å²) in [4.78, 5) is 26.8. The van der Waals surface area contributed by atoms with Crippen LogP contribution in [0.1, 0.15) is 16.8 Å². The molecule has 1 saturated heterocycles. The van der Waals surface area contributed by atoms with Crippen molar-refractivity contribution in [3.05, 3.63) is 16.1 Å². The smallest absolute Gasteiger partial charge is 0.234 e. The normalized spacial score (nSPS) is 15.2. The molecule has 0 unspecified atom stereocenters. The molecule has 2 N–H and O–H groups in total. The Hall–Kier alpha value is -0.980. The number of nitrogens with one attached hydrogen (secondary N) is 2. The van der Waals surface area contributed by atoms with Gasteiger partial charge in [0.25, 0.3) is 0 Å². The zero-order valence-corrected chi connectivity index (χ0v) is 20.2. The van der Waals surface area contributed by atoms with Crippen molar-refractivity contribution in [2.45, 2.75) is 20.3 Å². The van der Waals surface area contributed by atoms with Gasteiger partial charge >= 0.3 is 0 Å². The van der Waals surface area contributed by atoms with Crippen LogP contribution in [0.15, 0.2) is 11.2 Å². The molecule has 10 heteroatoms. The quantitative estimate of drug-likeness (QED) is 0.217. The highest BCUT2D eigenvalue weighted by Gasteiger charge is 2.21. The summed E-state index contributed by atoms with van der Waals surface area (Å²) in [5.41, 5.74) is 0. The van der Waals surface area contributed by atoms with Crippen LogP contribution in [-0.4, -0.2) is 92.7 Å². The van der Waals surface area contributed by atoms with Crippen LogP contribution < -0.4 is 10.6 Å². The summed E-state index contributed by atoms with van der Waals surface area (Å²) in [5.74, 6) is 1.01. The Labute approximate surface area is 189 Å². The first-order valence-corrected chi connectivity index (χ1v) is 10.4. The first-order valence-electron chi connectivity index (χ1n) is 9.55. The molecule has 8 nitrogen and oxygen atoms in total. The molecule has 0 spiro atoms. The Morgan fingerprint density at radius 3 is 2.68 bits per heavy atom. The van der Waals surface area contributed by atoms with E-state index in [0.29, 0.717) is 19.7 Å². The van der Waals surface area contributed by atoms with E-state index in [1.165, 1.54) is 4.88 Å². The van der Waals surface area contributed by atoms with Crippen LogP contribution in [0.2, 0.25) is 0 Å². The number of halogens is 1. The lowest BCUT2D eigenvalue weighted by Gasteiger charge is -2.36. The largest absolute Gasteiger partial charge is 0.383 e. The second kappa shape index (κ2) is 14.1. The minimum atomic E-state index is 0. The Morgan fingerprint density at radius 1 is 1.32 bits per heavy atom. The molecular formula is C18H33IN6O2S. The minimum Gasteiger partial charge on any atom is -0.383 e. The van der Waals surface area contributed by atoms with Gasteiger partial charge in [0.2, 0.25) is 5.91 Å². The predicted octanol–water partition coefficient (Wildman–Crippen LogP) is 0.958. The van der Waals surface area contributed by atoms with Crippen LogP contribution in [0, 0.1) is 6.92 Å². The van der Waals surface area contributed by atoms with Crippen molar-refractivity contribution < 1.29 is 9.53 Å². The van der Waals surface area contributed by atoms with Gasteiger partial charge in [0.05, 0.1) is 18.2 Å². The van der Waals surface area contributed by atoms with Crippen molar-refractivity contribution in [1.82, 2.24) is 25.4 Å². The molecule has 1 aromatic rings. The standard InChI is InChI=1S/C18H32N6O2S.HI/c1-4-19-18(21-6-5-17-22-13-15(2)27-17)24-10-8-23(9-11-24)14-16(25)20-7-12-26-3;/h13H,4-12,14H2,1-3H3,(H,19,21)(H,20,25);1H. The van der Waals surface area contributed by atoms with Gasteiger partial charge in [-0.15, -0.1) is 35.3 Å². The number of aliphatic imine (C=N–C) groups is 1. The molecule has 0 atom stereocenters. The van der Waals surface area contributed by atoms with Gasteiger partial charge in [0, 0.05) is 70.4 Å². The molecule has 0 aliphatic carbocycles. The van der Waals surface area contributed by atoms with Gasteiger partial charge in [-0.05, 0) is 13.8 Å². The molecule has 1 aliphatic heterocycles. The number of amides is 1. The van der Waals surface area contributed by atoms with E-state index >= 15 is 0 Å². The maximum Gasteiger partial charge on any atom is 0.234 e. The van der Waals surface area contributed by atoms with Crippen LogP contribution in [0.25, 0.3) is 0 Å². The highest BCUT2D eigenvalue weighted by molar-refractivity contribution is 14.0. The molecule has 2 rings (SSSR count). The summed E-state index contributed by atoms with van der Waals surface area (Å²) in [6, 6.07) is 0. The van der Waals surface area contributed by atoms with Crippen LogP contribution in [0.4, 0.5) is 0 Å². The number of ether oxygens (including phenoxy) is 1. The Balaban J connectivity index is 0.00000392. The lowest BCUT2D eigenvalue weighted by Crippen LogP contribution is -2.54. The minimum absolute atomic E-state index is 0. The van der Waals surface area contributed by atoms with Gasteiger partial charge < -0.3 is 20.3 Å². The Kier molecular flexibility index (Phi) is 12.6. The number of carbonyl (C=O) groups excluding carboxylic acids is 1. The lowest BCUT2D eigenvalue weighted by atomic mass is 10.3. The molecule has 0 radical (unpaired) electrons. The van der Waals surface area contributed by atoms with E-state index < -0.39 is 0 Å². The number of aromatic nitrogens is 1. The van der Waals surface area contributed by atoms with Crippen molar-refractivity contribution in [3.8, 4) is 0 Å². The maximum atomic E-state index is 11.9. The van der Waals surface area contributed by atoms with Crippen LogP contribution in [0.3, 0.4) is 0 Å². The number of rotatable bonds is 9. The molecule has 2 heterocycles. The van der Waals surface area contributed by atoms with Crippen molar-refractivity contribution >= 4 is 47.2 Å². The average molecular weight is 524 g/mol. The van der Waals surface area contributed by atoms with Crippen molar-refractivity contribution in [2.24, 2.45) is 4.99 Å². The third kappa shape index (κ3) is 9.01. The number of piperazine rings is 1. The fraction of sp³-hybridized carbons (Fsp3) is 0.722. The van der Waals surface area contributed by atoms with Gasteiger partial charge in [-0.2, -0.15) is 0 Å². The number of nitrogens with zero attached hydrogens (tertiary/aromatic N) is 4. The maximum absolute atomic E-state index is 11.9. The van der Waals surface area contributed by atoms with E-state index in [4.69, 9.17) is 9.73 Å². The van der Waals surface area contributed by atoms with E-state index in [1.807, 2.05) is 6.20 Å². The highest BCUT2D eigenvalue weighted by atomic mass is 127. The Bertz CT molecular complexity index is 605. The van der Waals surface area contributed by atoms with Crippen molar-refractivity contribution in [1.29, 1.82) is 0 Å². The van der Waals surface area contributed by atoms with Gasteiger partial charge in [0.1, 0.15) is 0 Å². The van der Waals surface area contributed by atoms with Crippen LogP contribution in [0.5, 0.6) is 0 Å². The Morgan fingerprint density at radius 2 is 2.07 bits per heavy atom. The molecule has 1 fully saturated rings. The molecular weight excluding hydrogens is 491 g/mol. The molecule has 28 heavy (non-hydrogen) atoms. The summed E-state index contributed by atoms with van der Waals surface area (Å²) < 4.78 is 4.95. The zero-order chi connectivity index (χ0) is 19.5. The molecule has 1 aliphatic rings. The molecule has 1 amide bonds. The molecule has 0 aromatic carbocycles. The number of guanidine groups is 1. The number of hydrogen-bond donors (Lipinski definition) is 2. The van der Waals surface area contributed by atoms with Crippen LogP contribution >= 0.6 is 35.3 Å². The first kappa shape index (κ1) is 25.1. The average Bonchev–Trinajstić information content (AvgIpc) is 3.07. The highest BCUT2D eigenvalue weighted by Crippen LogP contribution is 2.11. The zero-order valence-electron chi connectivity index (χ0n) is 17.1. The van der Waals surface area contributed by atoms with Gasteiger partial charge in [-0.3, -0.25) is 14.7 Å². The second-order valence-corrected chi connectivity index (χ2v) is 7.78. The number of aryl methyl sites for hydroxylation is 1. The van der Waals surface area contributed by atoms with Gasteiger partial charge in [-0.1, -0.05) is 0 Å². The van der Waals surface area contributed by atoms with Crippen molar-refractivity contribution in [2.75, 3.05) is 66.1 Å². The van der Waals surface area contributed by atoms with Gasteiger partial charge in [-0.25, -0.2) is 4.98 Å². The predicted molar refractivity (Wildman–Crippen MR) is 125 cm³/mol. The first-order chi connectivity index (χ1) is 13.1.